The Bertz CT molecular complexity index is 1310. The monoisotopic (exact) mass is 339 g/mol. The topological polar surface area (TPSA) is 76.5 Å². The van der Waals surface area contributed by atoms with Crippen molar-refractivity contribution in [2.75, 3.05) is 0 Å². The molecular formula is C20H13N5O. The van der Waals surface area contributed by atoms with Crippen LogP contribution in [0, 0.1) is 0 Å². The molecule has 0 unspecified atom stereocenters. The van der Waals surface area contributed by atoms with Gasteiger partial charge in [0.05, 0.1) is 10.9 Å². The van der Waals surface area contributed by atoms with Gasteiger partial charge in [-0.1, -0.05) is 12.1 Å². The molecule has 0 aliphatic carbocycles. The van der Waals surface area contributed by atoms with Gasteiger partial charge in [0.15, 0.2) is 11.2 Å². The summed E-state index contributed by atoms with van der Waals surface area (Å²) in [7, 11) is 0. The number of hydrogen-bond acceptors (Lipinski definition) is 4. The Morgan fingerprint density at radius 3 is 2.85 bits per heavy atom. The summed E-state index contributed by atoms with van der Waals surface area (Å²) in [6.45, 7) is 0. The molecule has 124 valence electrons. The maximum Gasteiger partial charge on any atom is 0.191 e. The molecule has 0 aliphatic rings. The number of aromatic amines is 1. The van der Waals surface area contributed by atoms with Crippen LogP contribution in [-0.4, -0.2) is 24.7 Å². The van der Waals surface area contributed by atoms with Crippen LogP contribution in [0.3, 0.4) is 0 Å². The van der Waals surface area contributed by atoms with Crippen molar-refractivity contribution in [3.05, 3.63) is 83.5 Å². The average molecular weight is 339 g/mol. The van der Waals surface area contributed by atoms with Gasteiger partial charge in [0.25, 0.3) is 0 Å². The van der Waals surface area contributed by atoms with Crippen LogP contribution in [0.2, 0.25) is 0 Å². The van der Waals surface area contributed by atoms with E-state index in [1.54, 1.807) is 23.3 Å². The van der Waals surface area contributed by atoms with E-state index in [-0.39, 0.29) is 5.43 Å². The lowest BCUT2D eigenvalue weighted by atomic mass is 10.0. The molecule has 6 nitrogen and oxygen atoms in total. The predicted molar refractivity (Wildman–Crippen MR) is 100 cm³/mol. The summed E-state index contributed by atoms with van der Waals surface area (Å²) in [6.07, 6.45) is 6.91. The van der Waals surface area contributed by atoms with Gasteiger partial charge in [0.2, 0.25) is 0 Å². The minimum absolute atomic E-state index is 0.0676. The lowest BCUT2D eigenvalue weighted by Crippen LogP contribution is -2.07. The highest BCUT2D eigenvalue weighted by Crippen LogP contribution is 2.29. The summed E-state index contributed by atoms with van der Waals surface area (Å²) in [4.78, 5) is 24.3. The fourth-order valence-electron chi connectivity index (χ4n) is 3.11. The van der Waals surface area contributed by atoms with Crippen LogP contribution in [0.15, 0.2) is 78.1 Å². The van der Waals surface area contributed by atoms with Crippen LogP contribution in [-0.2, 0) is 0 Å². The molecule has 0 amide bonds. The summed E-state index contributed by atoms with van der Waals surface area (Å²) in [5, 5.41) is 5.89. The zero-order chi connectivity index (χ0) is 17.5. The zero-order valence-corrected chi connectivity index (χ0v) is 13.6. The molecule has 0 fully saturated rings. The Balaban J connectivity index is 1.85. The smallest absolute Gasteiger partial charge is 0.191 e. The van der Waals surface area contributed by atoms with Crippen molar-refractivity contribution in [2.45, 2.75) is 0 Å². The molecule has 0 saturated carbocycles. The molecule has 1 aromatic carbocycles. The molecule has 4 aromatic heterocycles. The molecule has 5 aromatic rings. The number of rotatable bonds is 2. The van der Waals surface area contributed by atoms with E-state index in [1.165, 1.54) is 6.07 Å². The molecule has 0 bridgehead atoms. The van der Waals surface area contributed by atoms with Crippen LogP contribution < -0.4 is 5.43 Å². The summed E-state index contributed by atoms with van der Waals surface area (Å²) in [5.41, 5.74) is 3.18. The van der Waals surface area contributed by atoms with Crippen molar-refractivity contribution in [1.82, 2.24) is 24.7 Å². The van der Waals surface area contributed by atoms with E-state index in [2.05, 4.69) is 26.1 Å². The maximum absolute atomic E-state index is 12.3. The second kappa shape index (κ2) is 5.63. The SMILES string of the molecule is O=c1cc[nH]c2nc(-n3cccn3)c(-c3ccc4ncccc4c3)cc12. The fourth-order valence-corrected chi connectivity index (χ4v) is 3.11. The highest BCUT2D eigenvalue weighted by molar-refractivity contribution is 5.89. The molecule has 0 saturated heterocycles. The van der Waals surface area contributed by atoms with Crippen LogP contribution in [0.1, 0.15) is 0 Å². The number of nitrogens with zero attached hydrogens (tertiary/aromatic N) is 4. The van der Waals surface area contributed by atoms with Gasteiger partial charge >= 0.3 is 0 Å². The van der Waals surface area contributed by atoms with Gasteiger partial charge in [0.1, 0.15) is 5.65 Å². The second-order valence-corrected chi connectivity index (χ2v) is 5.96. The highest BCUT2D eigenvalue weighted by Gasteiger charge is 2.13. The quantitative estimate of drug-likeness (QED) is 0.535. The first-order chi connectivity index (χ1) is 12.8. The summed E-state index contributed by atoms with van der Waals surface area (Å²) < 4.78 is 1.70. The van der Waals surface area contributed by atoms with E-state index in [4.69, 9.17) is 0 Å². The van der Waals surface area contributed by atoms with Crippen molar-refractivity contribution >= 4 is 21.9 Å². The molecule has 26 heavy (non-hydrogen) atoms. The van der Waals surface area contributed by atoms with Crippen LogP contribution >= 0.6 is 0 Å². The Morgan fingerprint density at radius 2 is 1.96 bits per heavy atom. The number of H-pyrrole nitrogens is 1. The molecular weight excluding hydrogens is 326 g/mol. The summed E-state index contributed by atoms with van der Waals surface area (Å²) in [5.74, 6) is 0.660. The number of pyridine rings is 3. The number of nitrogens with one attached hydrogen (secondary N) is 1. The van der Waals surface area contributed by atoms with E-state index in [0.29, 0.717) is 16.9 Å². The van der Waals surface area contributed by atoms with Gasteiger partial charge in [-0.3, -0.25) is 9.78 Å². The first kappa shape index (κ1) is 14.5. The lowest BCUT2D eigenvalue weighted by Gasteiger charge is -2.11. The van der Waals surface area contributed by atoms with Gasteiger partial charge in [-0.15, -0.1) is 0 Å². The van der Waals surface area contributed by atoms with E-state index in [9.17, 15) is 4.79 Å². The van der Waals surface area contributed by atoms with Crippen molar-refractivity contribution in [2.24, 2.45) is 0 Å². The number of aromatic nitrogens is 5. The van der Waals surface area contributed by atoms with Gasteiger partial charge in [-0.05, 0) is 35.9 Å². The largest absolute Gasteiger partial charge is 0.346 e. The zero-order valence-electron chi connectivity index (χ0n) is 13.6. The van der Waals surface area contributed by atoms with Gasteiger partial charge in [-0.2, -0.15) is 5.10 Å². The average Bonchev–Trinajstić information content (AvgIpc) is 3.22. The Labute approximate surface area is 147 Å². The first-order valence-electron chi connectivity index (χ1n) is 8.17. The van der Waals surface area contributed by atoms with Crippen LogP contribution in [0.4, 0.5) is 0 Å². The number of benzene rings is 1. The fraction of sp³-hybridized carbons (Fsp3) is 0. The van der Waals surface area contributed by atoms with Gasteiger partial charge in [-0.25, -0.2) is 9.67 Å². The summed E-state index contributed by atoms with van der Waals surface area (Å²) >= 11 is 0. The van der Waals surface area contributed by atoms with Crippen molar-refractivity contribution in [1.29, 1.82) is 0 Å². The minimum Gasteiger partial charge on any atom is -0.346 e. The van der Waals surface area contributed by atoms with E-state index < -0.39 is 0 Å². The number of fused-ring (bicyclic) bond motifs is 2. The predicted octanol–water partition coefficient (Wildman–Crippen LogP) is 3.32. The molecule has 6 heteroatoms. The maximum atomic E-state index is 12.3. The Morgan fingerprint density at radius 1 is 1.00 bits per heavy atom. The van der Waals surface area contributed by atoms with Crippen LogP contribution in [0.5, 0.6) is 0 Å². The molecule has 1 N–H and O–H groups in total. The molecule has 0 aliphatic heterocycles. The third-order valence-electron chi connectivity index (χ3n) is 4.36. The van der Waals surface area contributed by atoms with Crippen molar-refractivity contribution in [3.63, 3.8) is 0 Å². The molecule has 0 spiro atoms. The van der Waals surface area contributed by atoms with E-state index in [0.717, 1.165) is 22.0 Å². The molecule has 0 radical (unpaired) electrons. The Hall–Kier alpha value is -3.80. The normalized spacial score (nSPS) is 11.2. The van der Waals surface area contributed by atoms with E-state index >= 15 is 0 Å². The molecule has 0 atom stereocenters. The highest BCUT2D eigenvalue weighted by atomic mass is 16.1. The standard InChI is InChI=1S/C20H13N5O/c26-18-6-9-22-19-16(18)12-15(20(24-19)25-10-2-8-23-25)13-4-5-17-14(11-13)3-1-7-21-17/h1-12H,(H,22,24,26). The summed E-state index contributed by atoms with van der Waals surface area (Å²) in [6, 6.07) is 15.1. The third kappa shape index (κ3) is 2.28. The van der Waals surface area contributed by atoms with Gasteiger partial charge < -0.3 is 4.98 Å². The lowest BCUT2D eigenvalue weighted by molar-refractivity contribution is 0.853. The van der Waals surface area contributed by atoms with Crippen LogP contribution in [0.25, 0.3) is 38.9 Å². The second-order valence-electron chi connectivity index (χ2n) is 5.96. The van der Waals surface area contributed by atoms with E-state index in [1.807, 2.05) is 42.6 Å². The third-order valence-corrected chi connectivity index (χ3v) is 4.36. The first-order valence-corrected chi connectivity index (χ1v) is 8.17. The molecule has 5 rings (SSSR count). The van der Waals surface area contributed by atoms with Gasteiger partial charge in [0, 0.05) is 41.8 Å². The van der Waals surface area contributed by atoms with Crippen molar-refractivity contribution < 1.29 is 0 Å². The van der Waals surface area contributed by atoms with Crippen molar-refractivity contribution in [3.8, 4) is 16.9 Å². The molecule has 4 heterocycles. The number of hydrogen-bond donors (Lipinski definition) is 1. The Kier molecular flexibility index (Phi) is 3.15. The minimum atomic E-state index is -0.0676.